The molecule has 0 aliphatic carbocycles. The Hall–Kier alpha value is -2.59. The Morgan fingerprint density at radius 1 is 1.12 bits per heavy atom. The zero-order chi connectivity index (χ0) is 16.9. The van der Waals surface area contributed by atoms with Crippen molar-refractivity contribution in [3.63, 3.8) is 0 Å². The molecule has 2 N–H and O–H groups in total. The van der Waals surface area contributed by atoms with Gasteiger partial charge in [-0.25, -0.2) is 0 Å². The molecule has 1 atom stereocenters. The Bertz CT molecular complexity index is 811. The number of nitrogens with zero attached hydrogens (tertiary/aromatic N) is 1. The van der Waals surface area contributed by atoms with Crippen molar-refractivity contribution < 1.29 is 9.21 Å². The van der Waals surface area contributed by atoms with Crippen molar-refractivity contribution >= 4 is 16.9 Å². The molecule has 3 aromatic rings. The molecule has 1 heterocycles. The van der Waals surface area contributed by atoms with E-state index in [1.165, 1.54) is 5.56 Å². The number of nitrogens with two attached hydrogens (primary N) is 1. The van der Waals surface area contributed by atoms with Crippen molar-refractivity contribution in [2.75, 3.05) is 13.6 Å². The average Bonchev–Trinajstić information content (AvgIpc) is 3.10. The first-order valence-electron chi connectivity index (χ1n) is 8.18. The molecule has 0 aliphatic rings. The maximum atomic E-state index is 13.0. The van der Waals surface area contributed by atoms with Gasteiger partial charge in [-0.1, -0.05) is 36.4 Å². The fraction of sp³-hybridized carbons (Fsp3) is 0.250. The number of benzene rings is 2. The molecule has 0 aliphatic heterocycles. The number of carbonyl (C=O) groups excluding carboxylic acids is 1. The highest BCUT2D eigenvalue weighted by Gasteiger charge is 2.22. The number of likely N-dealkylation sites (N-methyl/N-ethyl adjacent to an activating group) is 1. The van der Waals surface area contributed by atoms with Crippen molar-refractivity contribution in [3.05, 3.63) is 72.0 Å². The number of carbonyl (C=O) groups is 1. The smallest absolute Gasteiger partial charge is 0.254 e. The topological polar surface area (TPSA) is 59.5 Å². The SMILES string of the molecule is CN(C(=O)c1cccc2occc12)[C@H](CCN)Cc1ccccc1. The highest BCUT2D eigenvalue weighted by Crippen LogP contribution is 2.22. The molecule has 1 amide bonds. The first kappa shape index (κ1) is 16.3. The second-order valence-corrected chi connectivity index (χ2v) is 5.97. The molecule has 4 heteroatoms. The summed E-state index contributed by atoms with van der Waals surface area (Å²) in [5.74, 6) is -0.00335. The van der Waals surface area contributed by atoms with Gasteiger partial charge in [0.15, 0.2) is 0 Å². The van der Waals surface area contributed by atoms with Crippen LogP contribution < -0.4 is 5.73 Å². The lowest BCUT2D eigenvalue weighted by Gasteiger charge is -2.28. The summed E-state index contributed by atoms with van der Waals surface area (Å²) < 4.78 is 5.40. The van der Waals surface area contributed by atoms with Gasteiger partial charge in [0.05, 0.1) is 11.8 Å². The Kier molecular flexibility index (Phi) is 4.96. The monoisotopic (exact) mass is 322 g/mol. The fourth-order valence-corrected chi connectivity index (χ4v) is 3.05. The Morgan fingerprint density at radius 2 is 1.92 bits per heavy atom. The third kappa shape index (κ3) is 3.34. The lowest BCUT2D eigenvalue weighted by Crippen LogP contribution is -2.39. The molecule has 0 fully saturated rings. The molecule has 2 aromatic carbocycles. The highest BCUT2D eigenvalue weighted by atomic mass is 16.3. The molecule has 0 unspecified atom stereocenters. The predicted molar refractivity (Wildman–Crippen MR) is 95.9 cm³/mol. The molecule has 0 saturated carbocycles. The van der Waals surface area contributed by atoms with Crippen LogP contribution >= 0.6 is 0 Å². The molecule has 24 heavy (non-hydrogen) atoms. The normalized spacial score (nSPS) is 12.2. The van der Waals surface area contributed by atoms with E-state index >= 15 is 0 Å². The number of hydrogen-bond acceptors (Lipinski definition) is 3. The summed E-state index contributed by atoms with van der Waals surface area (Å²) in [6.07, 6.45) is 3.17. The molecular weight excluding hydrogens is 300 g/mol. The van der Waals surface area contributed by atoms with Crippen molar-refractivity contribution in [2.45, 2.75) is 18.9 Å². The largest absolute Gasteiger partial charge is 0.464 e. The van der Waals surface area contributed by atoms with Crippen LogP contribution in [0, 0.1) is 0 Å². The summed E-state index contributed by atoms with van der Waals surface area (Å²) in [6.45, 7) is 0.547. The van der Waals surface area contributed by atoms with Crippen LogP contribution in [0.2, 0.25) is 0 Å². The van der Waals surface area contributed by atoms with Gasteiger partial charge < -0.3 is 15.1 Å². The number of rotatable bonds is 6. The quantitative estimate of drug-likeness (QED) is 0.756. The summed E-state index contributed by atoms with van der Waals surface area (Å²) in [5.41, 5.74) is 8.38. The van der Waals surface area contributed by atoms with Gasteiger partial charge in [0, 0.05) is 18.5 Å². The van der Waals surface area contributed by atoms with Gasteiger partial charge in [0.2, 0.25) is 0 Å². The standard InChI is InChI=1S/C20H22N2O2/c1-22(16(10-12-21)14-15-6-3-2-4-7-15)20(23)18-8-5-9-19-17(18)11-13-24-19/h2-9,11,13,16H,10,12,14,21H2,1H3/t16-/m1/s1. The lowest BCUT2D eigenvalue weighted by atomic mass is 10.0. The van der Waals surface area contributed by atoms with Gasteiger partial charge >= 0.3 is 0 Å². The fourth-order valence-electron chi connectivity index (χ4n) is 3.05. The molecule has 4 nitrogen and oxygen atoms in total. The van der Waals surface area contributed by atoms with Crippen LogP contribution in [-0.2, 0) is 6.42 Å². The van der Waals surface area contributed by atoms with Crippen LogP contribution in [0.4, 0.5) is 0 Å². The van der Waals surface area contributed by atoms with Crippen LogP contribution in [0.3, 0.4) is 0 Å². The molecule has 0 spiro atoms. The van der Waals surface area contributed by atoms with E-state index in [-0.39, 0.29) is 11.9 Å². The van der Waals surface area contributed by atoms with E-state index in [0.29, 0.717) is 12.1 Å². The summed E-state index contributed by atoms with van der Waals surface area (Å²) in [5, 5.41) is 0.848. The molecule has 3 rings (SSSR count). The molecular formula is C20H22N2O2. The van der Waals surface area contributed by atoms with Gasteiger partial charge in [-0.15, -0.1) is 0 Å². The van der Waals surface area contributed by atoms with Crippen molar-refractivity contribution in [1.82, 2.24) is 4.90 Å². The van der Waals surface area contributed by atoms with Crippen LogP contribution in [0.1, 0.15) is 22.3 Å². The lowest BCUT2D eigenvalue weighted by molar-refractivity contribution is 0.0727. The predicted octanol–water partition coefficient (Wildman–Crippen LogP) is 3.46. The third-order valence-electron chi connectivity index (χ3n) is 4.41. The highest BCUT2D eigenvalue weighted by molar-refractivity contribution is 6.05. The minimum absolute atomic E-state index is 0.00335. The van der Waals surface area contributed by atoms with Crippen molar-refractivity contribution in [1.29, 1.82) is 0 Å². The van der Waals surface area contributed by atoms with E-state index in [4.69, 9.17) is 10.2 Å². The van der Waals surface area contributed by atoms with Crippen LogP contribution in [0.5, 0.6) is 0 Å². The molecule has 0 bridgehead atoms. The zero-order valence-corrected chi connectivity index (χ0v) is 13.8. The van der Waals surface area contributed by atoms with E-state index in [1.54, 1.807) is 6.26 Å². The number of hydrogen-bond donors (Lipinski definition) is 1. The summed E-state index contributed by atoms with van der Waals surface area (Å²) in [4.78, 5) is 14.8. The zero-order valence-electron chi connectivity index (χ0n) is 13.8. The Morgan fingerprint density at radius 3 is 2.67 bits per heavy atom. The van der Waals surface area contributed by atoms with Gasteiger partial charge in [-0.2, -0.15) is 0 Å². The van der Waals surface area contributed by atoms with E-state index in [9.17, 15) is 4.79 Å². The summed E-state index contributed by atoms with van der Waals surface area (Å²) >= 11 is 0. The average molecular weight is 322 g/mol. The maximum Gasteiger partial charge on any atom is 0.254 e. The van der Waals surface area contributed by atoms with Gasteiger partial charge in [0.25, 0.3) is 5.91 Å². The first-order valence-corrected chi connectivity index (χ1v) is 8.18. The van der Waals surface area contributed by atoms with E-state index < -0.39 is 0 Å². The van der Waals surface area contributed by atoms with E-state index in [0.717, 1.165) is 23.8 Å². The molecule has 0 saturated heterocycles. The van der Waals surface area contributed by atoms with E-state index in [1.807, 2.05) is 54.4 Å². The second kappa shape index (κ2) is 7.32. The minimum Gasteiger partial charge on any atom is -0.464 e. The summed E-state index contributed by atoms with van der Waals surface area (Å²) in [6, 6.07) is 17.7. The first-order chi connectivity index (χ1) is 11.7. The van der Waals surface area contributed by atoms with Gasteiger partial charge in [-0.3, -0.25) is 4.79 Å². The maximum absolute atomic E-state index is 13.0. The van der Waals surface area contributed by atoms with Crippen molar-refractivity contribution in [3.8, 4) is 0 Å². The Balaban J connectivity index is 1.85. The molecule has 0 radical (unpaired) electrons. The molecule has 124 valence electrons. The van der Waals surface area contributed by atoms with Gasteiger partial charge in [0.1, 0.15) is 5.58 Å². The second-order valence-electron chi connectivity index (χ2n) is 5.97. The van der Waals surface area contributed by atoms with Gasteiger partial charge in [-0.05, 0) is 43.1 Å². The minimum atomic E-state index is -0.00335. The number of furan rings is 1. The van der Waals surface area contributed by atoms with Crippen LogP contribution in [0.15, 0.2) is 65.3 Å². The molecule has 1 aromatic heterocycles. The summed E-state index contributed by atoms with van der Waals surface area (Å²) in [7, 11) is 1.85. The van der Waals surface area contributed by atoms with E-state index in [2.05, 4.69) is 12.1 Å². The van der Waals surface area contributed by atoms with Crippen LogP contribution in [0.25, 0.3) is 11.0 Å². The number of amides is 1. The third-order valence-corrected chi connectivity index (χ3v) is 4.41. The van der Waals surface area contributed by atoms with Crippen LogP contribution in [-0.4, -0.2) is 30.4 Å². The number of fused-ring (bicyclic) bond motifs is 1. The Labute approximate surface area is 141 Å². The van der Waals surface area contributed by atoms with Crippen molar-refractivity contribution in [2.24, 2.45) is 5.73 Å².